The van der Waals surface area contributed by atoms with Gasteiger partial charge in [0.05, 0.1) is 5.69 Å². The SMILES string of the molecule is CC(Oc1ccc(N)c2nonc12)c1ccccc1. The quantitative estimate of drug-likeness (QED) is 0.728. The summed E-state index contributed by atoms with van der Waals surface area (Å²) < 4.78 is 10.6. The Kier molecular flexibility index (Phi) is 2.79. The summed E-state index contributed by atoms with van der Waals surface area (Å²) in [5.41, 5.74) is 8.47. The third-order valence-electron chi connectivity index (χ3n) is 2.98. The highest BCUT2D eigenvalue weighted by Gasteiger charge is 2.14. The standard InChI is InChI=1S/C14H13N3O2/c1-9(10-5-3-2-4-6-10)18-12-8-7-11(15)13-14(12)17-19-16-13/h2-9H,15H2,1H3. The van der Waals surface area contributed by atoms with Crippen LogP contribution < -0.4 is 10.5 Å². The van der Waals surface area contributed by atoms with Crippen molar-refractivity contribution in [2.45, 2.75) is 13.0 Å². The molecule has 1 aromatic heterocycles. The topological polar surface area (TPSA) is 74.2 Å². The van der Waals surface area contributed by atoms with Crippen molar-refractivity contribution in [3.63, 3.8) is 0 Å². The second-order valence-electron chi connectivity index (χ2n) is 4.29. The molecular formula is C14H13N3O2. The second-order valence-corrected chi connectivity index (χ2v) is 4.29. The van der Waals surface area contributed by atoms with Crippen LogP contribution in [0.2, 0.25) is 0 Å². The Balaban J connectivity index is 1.94. The van der Waals surface area contributed by atoms with Crippen LogP contribution in [0.15, 0.2) is 47.1 Å². The Labute approximate surface area is 109 Å². The molecular weight excluding hydrogens is 242 g/mol. The van der Waals surface area contributed by atoms with Crippen LogP contribution in [0.25, 0.3) is 11.0 Å². The number of benzene rings is 2. The summed E-state index contributed by atoms with van der Waals surface area (Å²) in [5.74, 6) is 0.613. The average Bonchev–Trinajstić information content (AvgIpc) is 2.93. The molecule has 3 aromatic rings. The Morgan fingerprint density at radius 2 is 1.79 bits per heavy atom. The Bertz CT molecular complexity index is 694. The maximum absolute atomic E-state index is 5.91. The maximum Gasteiger partial charge on any atom is 0.179 e. The second kappa shape index (κ2) is 4.61. The van der Waals surface area contributed by atoms with Crippen molar-refractivity contribution in [3.8, 4) is 5.75 Å². The van der Waals surface area contributed by atoms with Gasteiger partial charge in [-0.2, -0.15) is 0 Å². The van der Waals surface area contributed by atoms with E-state index in [-0.39, 0.29) is 6.10 Å². The van der Waals surface area contributed by atoms with Gasteiger partial charge >= 0.3 is 0 Å². The zero-order valence-corrected chi connectivity index (χ0v) is 10.4. The van der Waals surface area contributed by atoms with Crippen molar-refractivity contribution in [1.82, 2.24) is 10.3 Å². The molecule has 19 heavy (non-hydrogen) atoms. The van der Waals surface area contributed by atoms with Crippen molar-refractivity contribution < 1.29 is 9.37 Å². The van der Waals surface area contributed by atoms with Crippen LogP contribution in [-0.4, -0.2) is 10.3 Å². The first-order valence-corrected chi connectivity index (χ1v) is 5.98. The van der Waals surface area contributed by atoms with Crippen LogP contribution in [0.1, 0.15) is 18.6 Å². The van der Waals surface area contributed by atoms with Gasteiger partial charge in [0.1, 0.15) is 6.10 Å². The van der Waals surface area contributed by atoms with Gasteiger partial charge in [0, 0.05) is 0 Å². The Morgan fingerprint density at radius 3 is 2.58 bits per heavy atom. The highest BCUT2D eigenvalue weighted by atomic mass is 16.6. The van der Waals surface area contributed by atoms with Gasteiger partial charge in [0.15, 0.2) is 16.8 Å². The normalized spacial score (nSPS) is 12.5. The van der Waals surface area contributed by atoms with Crippen LogP contribution in [0.5, 0.6) is 5.75 Å². The number of fused-ring (bicyclic) bond motifs is 1. The number of aromatic nitrogens is 2. The van der Waals surface area contributed by atoms with Gasteiger partial charge in [-0.1, -0.05) is 30.3 Å². The van der Waals surface area contributed by atoms with E-state index < -0.39 is 0 Å². The maximum atomic E-state index is 5.91. The summed E-state index contributed by atoms with van der Waals surface area (Å²) in [5, 5.41) is 7.60. The van der Waals surface area contributed by atoms with Crippen LogP contribution >= 0.6 is 0 Å². The molecule has 0 aliphatic heterocycles. The molecule has 0 saturated heterocycles. The van der Waals surface area contributed by atoms with E-state index in [1.165, 1.54) is 0 Å². The first-order valence-electron chi connectivity index (χ1n) is 5.98. The van der Waals surface area contributed by atoms with Crippen LogP contribution in [-0.2, 0) is 0 Å². The van der Waals surface area contributed by atoms with E-state index in [2.05, 4.69) is 10.3 Å². The summed E-state index contributed by atoms with van der Waals surface area (Å²) in [4.78, 5) is 0. The lowest BCUT2D eigenvalue weighted by Gasteiger charge is -2.15. The van der Waals surface area contributed by atoms with Gasteiger partial charge in [-0.3, -0.25) is 0 Å². The Hall–Kier alpha value is -2.56. The number of rotatable bonds is 3. The third-order valence-corrected chi connectivity index (χ3v) is 2.98. The van der Waals surface area contributed by atoms with Gasteiger partial charge in [-0.05, 0) is 34.9 Å². The van der Waals surface area contributed by atoms with Gasteiger partial charge in [0.2, 0.25) is 0 Å². The molecule has 1 unspecified atom stereocenters. The van der Waals surface area contributed by atoms with Gasteiger partial charge < -0.3 is 10.5 Å². The van der Waals surface area contributed by atoms with Gasteiger partial charge in [-0.25, -0.2) is 4.63 Å². The molecule has 2 aromatic carbocycles. The van der Waals surface area contributed by atoms with E-state index in [1.807, 2.05) is 37.3 Å². The highest BCUT2D eigenvalue weighted by Crippen LogP contribution is 2.30. The molecule has 2 N–H and O–H groups in total. The molecule has 0 radical (unpaired) electrons. The monoisotopic (exact) mass is 255 g/mol. The van der Waals surface area contributed by atoms with E-state index in [0.717, 1.165) is 5.56 Å². The molecule has 0 spiro atoms. The lowest BCUT2D eigenvalue weighted by molar-refractivity contribution is 0.228. The van der Waals surface area contributed by atoms with E-state index in [4.69, 9.17) is 15.1 Å². The summed E-state index contributed by atoms with van der Waals surface area (Å²) in [7, 11) is 0. The minimum Gasteiger partial charge on any atom is -0.484 e. The molecule has 0 aliphatic carbocycles. The number of nitrogen functional groups attached to an aromatic ring is 1. The summed E-state index contributed by atoms with van der Waals surface area (Å²) >= 11 is 0. The molecule has 5 heteroatoms. The lowest BCUT2D eigenvalue weighted by atomic mass is 10.1. The fraction of sp³-hybridized carbons (Fsp3) is 0.143. The predicted octanol–water partition coefficient (Wildman–Crippen LogP) is 2.95. The molecule has 0 aliphatic rings. The fourth-order valence-corrected chi connectivity index (χ4v) is 1.94. The van der Waals surface area contributed by atoms with Crippen molar-refractivity contribution >= 4 is 16.7 Å². The van der Waals surface area contributed by atoms with Crippen molar-refractivity contribution in [2.75, 3.05) is 5.73 Å². The highest BCUT2D eigenvalue weighted by molar-refractivity contribution is 5.90. The minimum absolute atomic E-state index is 0.0928. The fourth-order valence-electron chi connectivity index (χ4n) is 1.94. The van der Waals surface area contributed by atoms with E-state index in [1.54, 1.807) is 12.1 Å². The Morgan fingerprint density at radius 1 is 1.05 bits per heavy atom. The predicted molar refractivity (Wildman–Crippen MR) is 71.7 cm³/mol. The molecule has 96 valence electrons. The van der Waals surface area contributed by atoms with Crippen LogP contribution in [0.4, 0.5) is 5.69 Å². The molecule has 1 heterocycles. The number of nitrogens with two attached hydrogens (primary N) is 1. The van der Waals surface area contributed by atoms with Crippen LogP contribution in [0.3, 0.4) is 0 Å². The summed E-state index contributed by atoms with van der Waals surface area (Å²) in [6, 6.07) is 13.5. The van der Waals surface area contributed by atoms with Gasteiger partial charge in [-0.15, -0.1) is 0 Å². The van der Waals surface area contributed by atoms with Gasteiger partial charge in [0.25, 0.3) is 0 Å². The molecule has 0 bridgehead atoms. The minimum atomic E-state index is -0.0928. The zero-order chi connectivity index (χ0) is 13.2. The number of hydrogen-bond donors (Lipinski definition) is 1. The summed E-state index contributed by atoms with van der Waals surface area (Å²) in [6.45, 7) is 1.98. The largest absolute Gasteiger partial charge is 0.484 e. The van der Waals surface area contributed by atoms with E-state index in [0.29, 0.717) is 22.5 Å². The van der Waals surface area contributed by atoms with Crippen LogP contribution in [0, 0.1) is 0 Å². The number of ether oxygens (including phenoxy) is 1. The lowest BCUT2D eigenvalue weighted by Crippen LogP contribution is -2.03. The van der Waals surface area contributed by atoms with Crippen molar-refractivity contribution in [1.29, 1.82) is 0 Å². The molecule has 0 fully saturated rings. The van der Waals surface area contributed by atoms with Crippen molar-refractivity contribution in [3.05, 3.63) is 48.0 Å². The molecule has 0 amide bonds. The van der Waals surface area contributed by atoms with E-state index >= 15 is 0 Å². The summed E-state index contributed by atoms with van der Waals surface area (Å²) in [6.07, 6.45) is -0.0928. The number of hydrogen-bond acceptors (Lipinski definition) is 5. The molecule has 0 saturated carbocycles. The average molecular weight is 255 g/mol. The van der Waals surface area contributed by atoms with E-state index in [9.17, 15) is 0 Å². The smallest absolute Gasteiger partial charge is 0.179 e. The number of nitrogens with zero attached hydrogens (tertiary/aromatic N) is 2. The number of anilines is 1. The molecule has 3 rings (SSSR count). The molecule has 5 nitrogen and oxygen atoms in total. The van der Waals surface area contributed by atoms with Crippen molar-refractivity contribution in [2.24, 2.45) is 0 Å². The first-order chi connectivity index (χ1) is 9.25. The molecule has 1 atom stereocenters. The zero-order valence-electron chi connectivity index (χ0n) is 10.4. The third kappa shape index (κ3) is 2.10. The first kappa shape index (κ1) is 11.5.